The predicted octanol–water partition coefficient (Wildman–Crippen LogP) is 3.99. The molecule has 0 aromatic heterocycles. The minimum absolute atomic E-state index is 0.226. The maximum absolute atomic E-state index is 6.12. The van der Waals surface area contributed by atoms with Crippen LogP contribution in [0.4, 0.5) is 0 Å². The van der Waals surface area contributed by atoms with E-state index in [1.165, 1.54) is 24.8 Å². The molecular weight excluding hydrogens is 260 g/mol. The zero-order valence-corrected chi connectivity index (χ0v) is 14.1. The van der Waals surface area contributed by atoms with E-state index in [0.717, 1.165) is 12.3 Å². The van der Waals surface area contributed by atoms with Crippen molar-refractivity contribution in [3.63, 3.8) is 0 Å². The molecule has 1 unspecified atom stereocenters. The van der Waals surface area contributed by atoms with E-state index in [4.69, 9.17) is 10.5 Å². The highest BCUT2D eigenvalue weighted by Gasteiger charge is 2.23. The van der Waals surface area contributed by atoms with Crippen LogP contribution in [0.3, 0.4) is 0 Å². The zero-order chi connectivity index (χ0) is 15.7. The van der Waals surface area contributed by atoms with Crippen LogP contribution in [0.2, 0.25) is 0 Å². The quantitative estimate of drug-likeness (QED) is 0.663. The van der Waals surface area contributed by atoms with Crippen LogP contribution >= 0.6 is 0 Å². The van der Waals surface area contributed by atoms with Crippen LogP contribution in [0.1, 0.15) is 58.6 Å². The van der Waals surface area contributed by atoms with Crippen molar-refractivity contribution in [2.24, 2.45) is 5.73 Å². The van der Waals surface area contributed by atoms with Gasteiger partial charge >= 0.3 is 0 Å². The average molecular weight is 292 g/mol. The summed E-state index contributed by atoms with van der Waals surface area (Å²) in [6.07, 6.45) is 3.74. The molecule has 0 heterocycles. The average Bonchev–Trinajstić information content (AvgIpc) is 2.48. The summed E-state index contributed by atoms with van der Waals surface area (Å²) in [5.41, 5.74) is 7.33. The number of nitrogens with zero attached hydrogens (tertiary/aromatic N) is 1. The number of nitrogens with two attached hydrogens (primary N) is 1. The van der Waals surface area contributed by atoms with Crippen LogP contribution in [-0.4, -0.2) is 30.6 Å². The van der Waals surface area contributed by atoms with Gasteiger partial charge in [0, 0.05) is 18.2 Å². The Bertz CT molecular complexity index is 393. The number of benzene rings is 1. The molecule has 0 radical (unpaired) electrons. The van der Waals surface area contributed by atoms with E-state index in [-0.39, 0.29) is 6.04 Å². The number of ether oxygens (including phenoxy) is 1. The molecule has 0 fully saturated rings. The van der Waals surface area contributed by atoms with E-state index in [2.05, 4.69) is 37.8 Å². The lowest BCUT2D eigenvalue weighted by Crippen LogP contribution is -2.39. The molecule has 1 rings (SSSR count). The van der Waals surface area contributed by atoms with E-state index in [0.29, 0.717) is 19.2 Å². The van der Waals surface area contributed by atoms with Crippen molar-refractivity contribution in [2.75, 3.05) is 19.7 Å². The van der Waals surface area contributed by atoms with Crippen LogP contribution in [0.15, 0.2) is 24.3 Å². The van der Waals surface area contributed by atoms with Crippen LogP contribution in [-0.2, 0) is 0 Å². The lowest BCUT2D eigenvalue weighted by atomic mass is 10.0. The smallest absolute Gasteiger partial charge is 0.124 e. The van der Waals surface area contributed by atoms with Gasteiger partial charge in [0.05, 0.1) is 12.6 Å². The van der Waals surface area contributed by atoms with E-state index in [9.17, 15) is 0 Å². The van der Waals surface area contributed by atoms with Crippen molar-refractivity contribution in [3.05, 3.63) is 29.8 Å². The first-order valence-corrected chi connectivity index (χ1v) is 8.33. The second-order valence-electron chi connectivity index (χ2n) is 5.76. The molecule has 0 saturated carbocycles. The van der Waals surface area contributed by atoms with Gasteiger partial charge in [-0.2, -0.15) is 0 Å². The highest BCUT2D eigenvalue weighted by Crippen LogP contribution is 2.30. The summed E-state index contributed by atoms with van der Waals surface area (Å²) in [6.45, 7) is 11.2. The van der Waals surface area contributed by atoms with E-state index in [1.807, 2.05) is 19.1 Å². The Kier molecular flexibility index (Phi) is 8.40. The van der Waals surface area contributed by atoms with Gasteiger partial charge in [0.1, 0.15) is 5.75 Å². The molecule has 0 aliphatic rings. The van der Waals surface area contributed by atoms with Crippen LogP contribution in [0, 0.1) is 0 Å². The Labute approximate surface area is 130 Å². The van der Waals surface area contributed by atoms with Crippen LogP contribution in [0.5, 0.6) is 5.75 Å². The third-order valence-electron chi connectivity index (χ3n) is 3.88. The molecule has 0 amide bonds. The fraction of sp³-hybridized carbons (Fsp3) is 0.667. The SMILES string of the molecule is CCCCCN(C(C)C)C(CN)c1ccccc1OCC. The van der Waals surface area contributed by atoms with Gasteiger partial charge < -0.3 is 10.5 Å². The number of para-hydroxylation sites is 1. The maximum atomic E-state index is 6.12. The molecule has 3 nitrogen and oxygen atoms in total. The highest BCUT2D eigenvalue weighted by atomic mass is 16.5. The lowest BCUT2D eigenvalue weighted by molar-refractivity contribution is 0.150. The zero-order valence-electron chi connectivity index (χ0n) is 14.1. The minimum atomic E-state index is 0.226. The Hall–Kier alpha value is -1.06. The first-order chi connectivity index (χ1) is 10.2. The fourth-order valence-electron chi connectivity index (χ4n) is 2.80. The predicted molar refractivity (Wildman–Crippen MR) is 90.8 cm³/mol. The minimum Gasteiger partial charge on any atom is -0.494 e. The molecule has 1 atom stereocenters. The van der Waals surface area contributed by atoms with Crippen molar-refractivity contribution >= 4 is 0 Å². The van der Waals surface area contributed by atoms with E-state index in [1.54, 1.807) is 0 Å². The normalized spacial score (nSPS) is 12.9. The molecule has 3 heteroatoms. The lowest BCUT2D eigenvalue weighted by Gasteiger charge is -2.35. The van der Waals surface area contributed by atoms with Crippen LogP contribution < -0.4 is 10.5 Å². The monoisotopic (exact) mass is 292 g/mol. The first kappa shape index (κ1) is 18.0. The summed E-state index contributed by atoms with van der Waals surface area (Å²) in [7, 11) is 0. The topological polar surface area (TPSA) is 38.5 Å². The summed E-state index contributed by atoms with van der Waals surface area (Å²) in [5.74, 6) is 0.969. The third kappa shape index (κ3) is 5.33. The molecule has 0 aliphatic carbocycles. The van der Waals surface area contributed by atoms with Crippen molar-refractivity contribution in [2.45, 2.75) is 59.0 Å². The summed E-state index contributed by atoms with van der Waals surface area (Å²) in [4.78, 5) is 2.51. The molecule has 0 spiro atoms. The van der Waals surface area contributed by atoms with Gasteiger partial charge in [0.2, 0.25) is 0 Å². The standard InChI is InChI=1S/C18H32N2O/c1-5-7-10-13-20(15(3)4)17(14-19)16-11-8-9-12-18(16)21-6-2/h8-9,11-12,15,17H,5-7,10,13-14,19H2,1-4H3. The molecule has 0 saturated heterocycles. The Morgan fingerprint density at radius 3 is 2.43 bits per heavy atom. The molecular formula is C18H32N2O. The summed E-state index contributed by atoms with van der Waals surface area (Å²) < 4.78 is 5.79. The van der Waals surface area contributed by atoms with Gasteiger partial charge in [0.25, 0.3) is 0 Å². The number of unbranched alkanes of at least 4 members (excludes halogenated alkanes) is 2. The molecule has 2 N–H and O–H groups in total. The van der Waals surface area contributed by atoms with Gasteiger partial charge in [0.15, 0.2) is 0 Å². The van der Waals surface area contributed by atoms with Gasteiger partial charge in [-0.05, 0) is 39.8 Å². The van der Waals surface area contributed by atoms with Crippen molar-refractivity contribution in [1.82, 2.24) is 4.90 Å². The van der Waals surface area contributed by atoms with Crippen molar-refractivity contribution < 1.29 is 4.74 Å². The molecule has 1 aromatic rings. The van der Waals surface area contributed by atoms with Gasteiger partial charge in [-0.3, -0.25) is 4.90 Å². The second-order valence-corrected chi connectivity index (χ2v) is 5.76. The van der Waals surface area contributed by atoms with Crippen molar-refractivity contribution in [3.8, 4) is 5.75 Å². The number of hydrogen-bond acceptors (Lipinski definition) is 3. The summed E-state index contributed by atoms with van der Waals surface area (Å²) in [5, 5.41) is 0. The Morgan fingerprint density at radius 1 is 1.14 bits per heavy atom. The number of rotatable bonds is 10. The largest absolute Gasteiger partial charge is 0.494 e. The van der Waals surface area contributed by atoms with Crippen LogP contribution in [0.25, 0.3) is 0 Å². The van der Waals surface area contributed by atoms with E-state index < -0.39 is 0 Å². The molecule has 0 bridgehead atoms. The van der Waals surface area contributed by atoms with Gasteiger partial charge in [-0.1, -0.05) is 38.0 Å². The molecule has 21 heavy (non-hydrogen) atoms. The first-order valence-electron chi connectivity index (χ1n) is 8.33. The highest BCUT2D eigenvalue weighted by molar-refractivity contribution is 5.36. The Morgan fingerprint density at radius 2 is 1.86 bits per heavy atom. The summed E-state index contributed by atoms with van der Waals surface area (Å²) >= 11 is 0. The molecule has 120 valence electrons. The second kappa shape index (κ2) is 9.80. The third-order valence-corrected chi connectivity index (χ3v) is 3.88. The van der Waals surface area contributed by atoms with E-state index >= 15 is 0 Å². The molecule has 1 aromatic carbocycles. The van der Waals surface area contributed by atoms with Gasteiger partial charge in [-0.15, -0.1) is 0 Å². The number of hydrogen-bond donors (Lipinski definition) is 1. The Balaban J connectivity index is 2.96. The van der Waals surface area contributed by atoms with Gasteiger partial charge in [-0.25, -0.2) is 0 Å². The maximum Gasteiger partial charge on any atom is 0.124 e. The molecule has 0 aliphatic heterocycles. The van der Waals surface area contributed by atoms with Crippen molar-refractivity contribution in [1.29, 1.82) is 0 Å². The fourth-order valence-corrected chi connectivity index (χ4v) is 2.80. The summed E-state index contributed by atoms with van der Waals surface area (Å²) in [6, 6.07) is 9.00.